The van der Waals surface area contributed by atoms with Crippen molar-refractivity contribution in [2.45, 2.75) is 211 Å². The van der Waals surface area contributed by atoms with Crippen LogP contribution in [0.5, 0.6) is 0 Å². The van der Waals surface area contributed by atoms with Gasteiger partial charge in [-0.2, -0.15) is 10.2 Å². The van der Waals surface area contributed by atoms with E-state index in [-0.39, 0.29) is 69.2 Å². The van der Waals surface area contributed by atoms with Gasteiger partial charge < -0.3 is 19.7 Å². The molecule has 2 aromatic heterocycles. The van der Waals surface area contributed by atoms with Crippen molar-refractivity contribution in [3.05, 3.63) is 35.9 Å². The number of ether oxygens (including phenoxy) is 2. The molecule has 8 saturated carbocycles. The average molecular weight is 1070 g/mol. The van der Waals surface area contributed by atoms with Crippen molar-refractivity contribution in [2.24, 2.45) is 80.8 Å². The summed E-state index contributed by atoms with van der Waals surface area (Å²) in [7, 11) is 0. The molecule has 0 spiro atoms. The summed E-state index contributed by atoms with van der Waals surface area (Å²) in [6, 6.07) is 0. The van der Waals surface area contributed by atoms with Gasteiger partial charge in [-0.1, -0.05) is 65.9 Å². The first-order valence-corrected chi connectivity index (χ1v) is 28.2. The summed E-state index contributed by atoms with van der Waals surface area (Å²) in [6.45, 7) is 18.4. The second-order valence-corrected chi connectivity index (χ2v) is 25.5. The van der Waals surface area contributed by atoms with Crippen molar-refractivity contribution >= 4 is 39.4 Å². The summed E-state index contributed by atoms with van der Waals surface area (Å²) in [6.07, 6.45) is 26.7. The van der Waals surface area contributed by atoms with E-state index in [0.717, 1.165) is 81.5 Å². The standard InChI is InChI=1S/C28H42N2O4.C22H35BrO2.C6H8N2O2.3CH4/c1-5-34-25(32)18-15-29-30(16-18)17-24(31)23-9-8-21-20-7-6-19-14-26(2,33)12-13-27(19,3)22(20)10-11-28(21,23)4;1-20(25)10-11-21(2)14(12-20)4-5-15-16-6-7-18(19(24)13-23)22(16,3)9-8-17(15)21;1-2-10-6(9)5-3-7-8-4-5;;;/h15-16,19-23,33H,5-14,17H2,1-4H3;14-18,25H,4-13H2,1-3H3;3-4H,2H2,1H3,(H,7,8);3*1H4/t19-,20+,21+,22+,23-,26-,27+,28+;14-,15+,16+,17+,18-,20-,21+,22+;;;;/m11..../s1. The number of H-pyrrole nitrogens is 1. The van der Waals surface area contributed by atoms with Crippen LogP contribution in [0.1, 0.15) is 214 Å². The summed E-state index contributed by atoms with van der Waals surface area (Å²) in [5, 5.41) is 32.2. The molecule has 3 N–H and O–H groups in total. The summed E-state index contributed by atoms with van der Waals surface area (Å²) >= 11 is 3.43. The zero-order valence-electron chi connectivity index (χ0n) is 43.2. The topological polar surface area (TPSA) is 174 Å². The molecule has 0 aliphatic heterocycles. The molecule has 8 aliphatic rings. The number of rotatable bonds is 9. The smallest absolute Gasteiger partial charge is 0.341 e. The first-order valence-electron chi connectivity index (χ1n) is 27.0. The highest BCUT2D eigenvalue weighted by Crippen LogP contribution is 2.70. The molecular weight excluding hydrogens is 973 g/mol. The van der Waals surface area contributed by atoms with E-state index < -0.39 is 11.2 Å². The van der Waals surface area contributed by atoms with Crippen molar-refractivity contribution in [2.75, 3.05) is 18.5 Å². The summed E-state index contributed by atoms with van der Waals surface area (Å²) in [5.41, 5.74) is 1.00. The van der Waals surface area contributed by atoms with Crippen LogP contribution in [0.3, 0.4) is 0 Å². The molecule has 8 fully saturated rings. The number of halogens is 1. The number of esters is 2. The van der Waals surface area contributed by atoms with Gasteiger partial charge in [-0.25, -0.2) is 9.59 Å². The van der Waals surface area contributed by atoms with Crippen LogP contribution in [-0.4, -0.2) is 83.4 Å². The molecule has 2 aromatic rings. The lowest BCUT2D eigenvalue weighted by atomic mass is 9.44. The van der Waals surface area contributed by atoms with Gasteiger partial charge >= 0.3 is 11.9 Å². The highest BCUT2D eigenvalue weighted by atomic mass is 79.9. The number of hydrogen-bond donors (Lipinski definition) is 3. The zero-order valence-corrected chi connectivity index (χ0v) is 44.8. The molecule has 2 heterocycles. The maximum absolute atomic E-state index is 13.5. The molecule has 0 aromatic carbocycles. The fourth-order valence-electron chi connectivity index (χ4n) is 17.6. The normalized spacial score (nSPS) is 41.0. The fourth-order valence-corrected chi connectivity index (χ4v) is 18.0. The highest BCUT2D eigenvalue weighted by molar-refractivity contribution is 9.09. The summed E-state index contributed by atoms with van der Waals surface area (Å²) in [5.74, 6) is 6.11. The molecule has 0 amide bonds. The number of ketones is 2. The Morgan fingerprint density at radius 2 is 1.07 bits per heavy atom. The Balaban J connectivity index is 0.000000223. The van der Waals surface area contributed by atoms with Crippen LogP contribution >= 0.6 is 15.9 Å². The number of fused-ring (bicyclic) bond motifs is 10. The molecule has 0 unspecified atom stereocenters. The monoisotopic (exact) mass is 1070 g/mol. The second-order valence-electron chi connectivity index (χ2n) is 25.0. The molecule has 8 aliphatic carbocycles. The van der Waals surface area contributed by atoms with Gasteiger partial charge in [0, 0.05) is 24.2 Å². The summed E-state index contributed by atoms with van der Waals surface area (Å²) in [4.78, 5) is 48.8. The number of nitrogens with zero attached hydrogens (tertiary/aromatic N) is 3. The van der Waals surface area contributed by atoms with Gasteiger partial charge in [-0.05, 0) is 212 Å². The lowest BCUT2D eigenvalue weighted by Crippen LogP contribution is -2.55. The van der Waals surface area contributed by atoms with Crippen LogP contribution in [0.2, 0.25) is 0 Å². The van der Waals surface area contributed by atoms with Gasteiger partial charge in [0.05, 0.1) is 59.8 Å². The molecule has 408 valence electrons. The lowest BCUT2D eigenvalue weighted by Gasteiger charge is -2.61. The molecule has 0 bridgehead atoms. The molecular formula is C59H97BrN4O8. The third-order valence-electron chi connectivity index (χ3n) is 21.3. The van der Waals surface area contributed by atoms with Crippen molar-refractivity contribution in [1.29, 1.82) is 0 Å². The number of alkyl halides is 1. The van der Waals surface area contributed by atoms with E-state index >= 15 is 0 Å². The van der Waals surface area contributed by atoms with Crippen LogP contribution in [0, 0.1) is 80.8 Å². The molecule has 13 heteroatoms. The average Bonchev–Trinajstić information content (AvgIpc) is 4.14. The quantitative estimate of drug-likeness (QED) is 0.162. The van der Waals surface area contributed by atoms with Gasteiger partial charge in [0.15, 0.2) is 5.78 Å². The van der Waals surface area contributed by atoms with Gasteiger partial charge in [0.2, 0.25) is 0 Å². The number of hydrogen-bond acceptors (Lipinski definition) is 10. The number of carbonyl (C=O) groups excluding carboxylic acids is 4. The Morgan fingerprint density at radius 3 is 1.51 bits per heavy atom. The Hall–Kier alpha value is -2.90. The number of aromatic amines is 1. The molecule has 0 saturated heterocycles. The maximum Gasteiger partial charge on any atom is 0.341 e. The molecule has 0 radical (unpaired) electrons. The van der Waals surface area contributed by atoms with E-state index in [0.29, 0.717) is 70.0 Å². The van der Waals surface area contributed by atoms with Crippen molar-refractivity contribution in [3.63, 3.8) is 0 Å². The van der Waals surface area contributed by atoms with E-state index in [4.69, 9.17) is 4.74 Å². The number of carbonyl (C=O) groups is 4. The summed E-state index contributed by atoms with van der Waals surface area (Å²) < 4.78 is 11.3. The van der Waals surface area contributed by atoms with E-state index in [9.17, 15) is 29.4 Å². The molecule has 16 atom stereocenters. The maximum atomic E-state index is 13.5. The lowest BCUT2D eigenvalue weighted by molar-refractivity contribution is -0.151. The highest BCUT2D eigenvalue weighted by Gasteiger charge is 2.63. The van der Waals surface area contributed by atoms with Crippen molar-refractivity contribution in [1.82, 2.24) is 20.0 Å². The van der Waals surface area contributed by atoms with Crippen molar-refractivity contribution in [3.8, 4) is 0 Å². The van der Waals surface area contributed by atoms with Crippen LogP contribution < -0.4 is 0 Å². The Kier molecular flexibility index (Phi) is 19.3. The number of Topliss-reactive ketones (excluding diaryl/α,β-unsaturated/α-hetero) is 2. The number of aliphatic hydroxyl groups is 2. The third kappa shape index (κ3) is 11.3. The van der Waals surface area contributed by atoms with Crippen molar-refractivity contribution < 1.29 is 38.9 Å². The second kappa shape index (κ2) is 23.1. The zero-order chi connectivity index (χ0) is 49.7. The minimum absolute atomic E-state index is 0. The molecule has 12 nitrogen and oxygen atoms in total. The molecule has 72 heavy (non-hydrogen) atoms. The van der Waals surface area contributed by atoms with Gasteiger partial charge in [0.25, 0.3) is 0 Å². The number of aromatic nitrogens is 4. The van der Waals surface area contributed by atoms with Crippen LogP contribution in [0.25, 0.3) is 0 Å². The first kappa shape index (κ1) is 60.0. The van der Waals surface area contributed by atoms with Crippen LogP contribution in [-0.2, 0) is 25.6 Å². The Morgan fingerprint density at radius 1 is 0.611 bits per heavy atom. The predicted octanol–water partition coefficient (Wildman–Crippen LogP) is 12.9. The number of nitrogens with one attached hydrogen (secondary N) is 1. The van der Waals surface area contributed by atoms with Crippen LogP contribution in [0.4, 0.5) is 0 Å². The minimum atomic E-state index is -0.495. The minimum Gasteiger partial charge on any atom is -0.462 e. The first-order chi connectivity index (χ1) is 32.6. The van der Waals surface area contributed by atoms with E-state index in [1.807, 2.05) is 13.8 Å². The fraction of sp³-hybridized carbons (Fsp3) is 0.831. The largest absolute Gasteiger partial charge is 0.462 e. The SMILES string of the molecule is C.C.C.CCOC(=O)c1cn[nH]c1.CCOC(=O)c1cnn(CC(=O)[C@H]2CC[C@H]3[C@@H]4CC[C@@H]5C[C@](C)(O)CC[C@]5(C)[C@H]4CC[C@]23C)c1.C[C@@]1(O)CC[C@@]2(C)[C@H](CC[C@@H]3[C@@H]2CC[C@]2(C)[C@@H](C(=O)CBr)CC[C@@H]32)C1. The third-order valence-corrected chi connectivity index (χ3v) is 21.8. The van der Waals surface area contributed by atoms with Gasteiger partial charge in [0.1, 0.15) is 5.78 Å². The van der Waals surface area contributed by atoms with Crippen LogP contribution in [0.15, 0.2) is 24.8 Å². The Bertz CT molecular complexity index is 2160. The van der Waals surface area contributed by atoms with Gasteiger partial charge in [-0.15, -0.1) is 0 Å². The van der Waals surface area contributed by atoms with E-state index in [2.05, 4.69) is 63.7 Å². The van der Waals surface area contributed by atoms with E-state index in [1.54, 1.807) is 24.7 Å². The Labute approximate surface area is 442 Å². The van der Waals surface area contributed by atoms with Gasteiger partial charge in [-0.3, -0.25) is 19.4 Å². The predicted molar refractivity (Wildman–Crippen MR) is 288 cm³/mol. The van der Waals surface area contributed by atoms with E-state index in [1.165, 1.54) is 76.4 Å². The molecule has 10 rings (SSSR count).